The highest BCUT2D eigenvalue weighted by molar-refractivity contribution is 7.98. The van der Waals surface area contributed by atoms with Crippen LogP contribution in [0.2, 0.25) is 0 Å². The highest BCUT2D eigenvalue weighted by Gasteiger charge is 2.02. The maximum atomic E-state index is 4.51. The molecule has 0 amide bonds. The summed E-state index contributed by atoms with van der Waals surface area (Å²) < 4.78 is 0. The summed E-state index contributed by atoms with van der Waals surface area (Å²) in [4.78, 5) is 10.1. The minimum Gasteiger partial charge on any atom is -0.314 e. The molecule has 0 saturated heterocycles. The molecule has 0 aliphatic heterocycles. The van der Waals surface area contributed by atoms with E-state index < -0.39 is 0 Å². The molecule has 0 saturated carbocycles. The Kier molecular flexibility index (Phi) is 4.73. The monoisotopic (exact) mass is 259 g/mol. The van der Waals surface area contributed by atoms with Crippen LogP contribution in [0.4, 0.5) is 0 Å². The van der Waals surface area contributed by atoms with Crippen LogP contribution in [0, 0.1) is 6.92 Å². The first kappa shape index (κ1) is 13.1. The molecule has 1 N–H and O–H groups in total. The average Bonchev–Trinajstić information content (AvgIpc) is 2.39. The van der Waals surface area contributed by atoms with E-state index in [0.717, 1.165) is 23.8 Å². The molecule has 2 aromatic rings. The van der Waals surface area contributed by atoms with Crippen LogP contribution in [-0.4, -0.2) is 17.0 Å². The molecule has 94 valence electrons. The Morgan fingerprint density at radius 1 is 1.22 bits per heavy atom. The fraction of sp³-hybridized carbons (Fsp3) is 0.286. The molecule has 1 aromatic carbocycles. The van der Waals surface area contributed by atoms with E-state index in [1.807, 2.05) is 19.3 Å². The Morgan fingerprint density at radius 3 is 2.83 bits per heavy atom. The predicted molar refractivity (Wildman–Crippen MR) is 75.5 cm³/mol. The van der Waals surface area contributed by atoms with Gasteiger partial charge in [0.15, 0.2) is 0 Å². The van der Waals surface area contributed by atoms with Crippen LogP contribution in [0.25, 0.3) is 0 Å². The Morgan fingerprint density at radius 2 is 2.06 bits per heavy atom. The van der Waals surface area contributed by atoms with Crippen molar-refractivity contribution >= 4 is 11.8 Å². The van der Waals surface area contributed by atoms with E-state index >= 15 is 0 Å². The minimum atomic E-state index is 0.782. The molecule has 2 rings (SSSR count). The van der Waals surface area contributed by atoms with E-state index in [9.17, 15) is 0 Å². The third kappa shape index (κ3) is 3.55. The average molecular weight is 259 g/mol. The molecule has 0 spiro atoms. The lowest BCUT2D eigenvalue weighted by molar-refractivity contribution is 0.777. The molecular weight excluding hydrogens is 242 g/mol. The molecule has 1 aromatic heterocycles. The van der Waals surface area contributed by atoms with Gasteiger partial charge in [0.2, 0.25) is 0 Å². The van der Waals surface area contributed by atoms with Crippen LogP contribution in [0.15, 0.2) is 41.4 Å². The van der Waals surface area contributed by atoms with Gasteiger partial charge < -0.3 is 5.32 Å². The van der Waals surface area contributed by atoms with Gasteiger partial charge in [-0.3, -0.25) is 0 Å². The second kappa shape index (κ2) is 6.52. The number of hydrogen-bond acceptors (Lipinski definition) is 4. The molecule has 4 heteroatoms. The normalized spacial score (nSPS) is 10.6. The molecular formula is C14H17N3S. The molecule has 1 heterocycles. The van der Waals surface area contributed by atoms with Gasteiger partial charge in [-0.25, -0.2) is 9.97 Å². The molecule has 0 fully saturated rings. The molecule has 18 heavy (non-hydrogen) atoms. The minimum absolute atomic E-state index is 0.782. The number of rotatable bonds is 5. The Hall–Kier alpha value is -1.39. The van der Waals surface area contributed by atoms with Crippen molar-refractivity contribution in [2.24, 2.45) is 0 Å². The van der Waals surface area contributed by atoms with Gasteiger partial charge in [0, 0.05) is 17.6 Å². The molecule has 0 aliphatic rings. The van der Waals surface area contributed by atoms with E-state index in [1.54, 1.807) is 11.8 Å². The van der Waals surface area contributed by atoms with E-state index in [2.05, 4.69) is 46.5 Å². The van der Waals surface area contributed by atoms with Gasteiger partial charge in [0.05, 0.1) is 11.4 Å². The van der Waals surface area contributed by atoms with E-state index in [0.29, 0.717) is 0 Å². The van der Waals surface area contributed by atoms with Gasteiger partial charge in [-0.15, -0.1) is 11.8 Å². The van der Waals surface area contributed by atoms with Crippen LogP contribution in [0.5, 0.6) is 0 Å². The lowest BCUT2D eigenvalue weighted by Gasteiger charge is -2.05. The van der Waals surface area contributed by atoms with Crippen molar-refractivity contribution in [2.75, 3.05) is 7.05 Å². The van der Waals surface area contributed by atoms with Crippen molar-refractivity contribution in [3.63, 3.8) is 0 Å². The lowest BCUT2D eigenvalue weighted by atomic mass is 10.2. The van der Waals surface area contributed by atoms with Gasteiger partial charge in [-0.2, -0.15) is 0 Å². The predicted octanol–water partition coefficient (Wildman–Crippen LogP) is 2.80. The van der Waals surface area contributed by atoms with E-state index in [1.165, 1.54) is 10.5 Å². The maximum absolute atomic E-state index is 4.51. The molecule has 3 nitrogen and oxygen atoms in total. The van der Waals surface area contributed by atoms with Gasteiger partial charge in [0.25, 0.3) is 0 Å². The largest absolute Gasteiger partial charge is 0.314 e. The van der Waals surface area contributed by atoms with Crippen molar-refractivity contribution < 1.29 is 0 Å². The molecule has 0 atom stereocenters. The van der Waals surface area contributed by atoms with Gasteiger partial charge >= 0.3 is 0 Å². The number of hydrogen-bond donors (Lipinski definition) is 1. The van der Waals surface area contributed by atoms with Crippen molar-refractivity contribution in [2.45, 2.75) is 24.1 Å². The molecule has 0 bridgehead atoms. The zero-order valence-electron chi connectivity index (χ0n) is 10.7. The highest BCUT2D eigenvalue weighted by atomic mass is 32.2. The first-order valence-corrected chi connectivity index (χ1v) is 6.92. The van der Waals surface area contributed by atoms with E-state index in [-0.39, 0.29) is 0 Å². The summed E-state index contributed by atoms with van der Waals surface area (Å²) in [6.45, 7) is 2.91. The Bertz CT molecular complexity index is 514. The van der Waals surface area contributed by atoms with Crippen LogP contribution in [0.1, 0.15) is 17.1 Å². The van der Waals surface area contributed by atoms with Crippen LogP contribution >= 0.6 is 11.8 Å². The number of thioether (sulfide) groups is 1. The highest BCUT2D eigenvalue weighted by Crippen LogP contribution is 2.24. The zero-order chi connectivity index (χ0) is 12.8. The summed E-state index contributed by atoms with van der Waals surface area (Å²) in [5.41, 5.74) is 2.33. The van der Waals surface area contributed by atoms with Crippen LogP contribution < -0.4 is 5.32 Å². The van der Waals surface area contributed by atoms with Crippen LogP contribution in [-0.2, 0) is 12.3 Å². The van der Waals surface area contributed by atoms with Crippen molar-refractivity contribution in [1.29, 1.82) is 0 Å². The number of nitrogens with zero attached hydrogens (tertiary/aromatic N) is 2. The second-order valence-corrected chi connectivity index (χ2v) is 5.07. The maximum Gasteiger partial charge on any atom is 0.138 e. The summed E-state index contributed by atoms with van der Waals surface area (Å²) in [5.74, 6) is 1.69. The second-order valence-electron chi connectivity index (χ2n) is 4.05. The first-order valence-electron chi connectivity index (χ1n) is 5.93. The summed E-state index contributed by atoms with van der Waals surface area (Å²) >= 11 is 1.78. The SMILES string of the molecule is CNCc1ccnc(CSc2ccccc2C)n1. The summed E-state index contributed by atoms with van der Waals surface area (Å²) in [6.07, 6.45) is 1.83. The third-order valence-electron chi connectivity index (χ3n) is 2.57. The van der Waals surface area contributed by atoms with E-state index in [4.69, 9.17) is 0 Å². The van der Waals surface area contributed by atoms with Gasteiger partial charge in [-0.1, -0.05) is 18.2 Å². The number of aromatic nitrogens is 2. The van der Waals surface area contributed by atoms with Gasteiger partial charge in [-0.05, 0) is 31.7 Å². The fourth-order valence-electron chi connectivity index (χ4n) is 1.65. The van der Waals surface area contributed by atoms with Crippen molar-refractivity contribution in [3.8, 4) is 0 Å². The topological polar surface area (TPSA) is 37.8 Å². The number of nitrogens with one attached hydrogen (secondary N) is 1. The standard InChI is InChI=1S/C14H17N3S/c1-11-5-3-4-6-13(11)18-10-14-16-8-7-12(17-14)9-15-2/h3-8,15H,9-10H2,1-2H3. The van der Waals surface area contributed by atoms with Crippen molar-refractivity contribution in [1.82, 2.24) is 15.3 Å². The Balaban J connectivity index is 2.02. The number of aryl methyl sites for hydroxylation is 1. The summed E-state index contributed by atoms with van der Waals surface area (Å²) in [5, 5.41) is 3.10. The third-order valence-corrected chi connectivity index (χ3v) is 3.74. The van der Waals surface area contributed by atoms with Gasteiger partial charge in [0.1, 0.15) is 5.82 Å². The number of benzene rings is 1. The van der Waals surface area contributed by atoms with Crippen molar-refractivity contribution in [3.05, 3.63) is 53.6 Å². The molecule has 0 aliphatic carbocycles. The summed E-state index contributed by atoms with van der Waals surface area (Å²) in [6, 6.07) is 10.3. The Labute approximate surface area is 112 Å². The lowest BCUT2D eigenvalue weighted by Crippen LogP contribution is -2.08. The zero-order valence-corrected chi connectivity index (χ0v) is 11.5. The molecule has 0 radical (unpaired) electrons. The molecule has 0 unspecified atom stereocenters. The van der Waals surface area contributed by atoms with Crippen LogP contribution in [0.3, 0.4) is 0 Å². The first-order chi connectivity index (χ1) is 8.79. The fourth-order valence-corrected chi connectivity index (χ4v) is 2.55. The smallest absolute Gasteiger partial charge is 0.138 e. The quantitative estimate of drug-likeness (QED) is 0.838. The summed E-state index contributed by atoms with van der Waals surface area (Å²) in [7, 11) is 1.92.